The van der Waals surface area contributed by atoms with Crippen molar-refractivity contribution in [2.45, 2.75) is 24.3 Å². The maximum atomic E-state index is 9.45. The third-order valence-corrected chi connectivity index (χ3v) is 2.14. The van der Waals surface area contributed by atoms with Crippen molar-refractivity contribution >= 4 is 23.2 Å². The Balaban J connectivity index is 3.46. The lowest BCUT2D eigenvalue weighted by atomic mass is 10.1. The van der Waals surface area contributed by atoms with E-state index in [0.29, 0.717) is 18.8 Å². The van der Waals surface area contributed by atoms with Crippen LogP contribution in [0.15, 0.2) is 0 Å². The summed E-state index contributed by atoms with van der Waals surface area (Å²) in [5.74, 6) is 0.558. The molecule has 0 fully saturated rings. The van der Waals surface area contributed by atoms with Crippen molar-refractivity contribution in [3.8, 4) is 0 Å². The van der Waals surface area contributed by atoms with Crippen molar-refractivity contribution < 1.29 is 5.11 Å². The van der Waals surface area contributed by atoms with Crippen LogP contribution in [-0.2, 0) is 0 Å². The van der Waals surface area contributed by atoms with Gasteiger partial charge in [0.25, 0.3) is 0 Å². The zero-order valence-electron chi connectivity index (χ0n) is 7.63. The van der Waals surface area contributed by atoms with E-state index >= 15 is 0 Å². The molecule has 0 aromatic rings. The molecule has 12 heavy (non-hydrogen) atoms. The summed E-state index contributed by atoms with van der Waals surface area (Å²) in [6, 6.07) is 0. The minimum atomic E-state index is -0.342. The second-order valence-electron chi connectivity index (χ2n) is 3.23. The summed E-state index contributed by atoms with van der Waals surface area (Å²) in [4.78, 5) is 1.94. The second kappa shape index (κ2) is 6.96. The fourth-order valence-corrected chi connectivity index (χ4v) is 1.72. The van der Waals surface area contributed by atoms with E-state index in [1.165, 1.54) is 0 Å². The van der Waals surface area contributed by atoms with Gasteiger partial charge in [0.2, 0.25) is 0 Å². The Morgan fingerprint density at radius 2 is 2.00 bits per heavy atom. The van der Waals surface area contributed by atoms with Gasteiger partial charge >= 0.3 is 0 Å². The third kappa shape index (κ3) is 7.17. The van der Waals surface area contributed by atoms with Crippen molar-refractivity contribution in [3.05, 3.63) is 0 Å². The van der Waals surface area contributed by atoms with Crippen LogP contribution in [0.2, 0.25) is 0 Å². The van der Waals surface area contributed by atoms with Gasteiger partial charge in [0.1, 0.15) is 0 Å². The van der Waals surface area contributed by atoms with Gasteiger partial charge in [-0.15, -0.1) is 23.2 Å². The zero-order chi connectivity index (χ0) is 9.56. The number of nitrogens with zero attached hydrogens (tertiary/aromatic N) is 1. The quantitative estimate of drug-likeness (QED) is 0.678. The molecule has 0 aromatic heterocycles. The van der Waals surface area contributed by atoms with Gasteiger partial charge in [0.05, 0.1) is 6.10 Å². The minimum Gasteiger partial charge on any atom is -0.392 e. The van der Waals surface area contributed by atoms with E-state index in [1.807, 2.05) is 19.0 Å². The average molecular weight is 214 g/mol. The molecule has 74 valence electrons. The van der Waals surface area contributed by atoms with E-state index in [4.69, 9.17) is 23.2 Å². The van der Waals surface area contributed by atoms with Gasteiger partial charge in [0, 0.05) is 17.8 Å². The normalized spacial score (nSPS) is 16.5. The van der Waals surface area contributed by atoms with Crippen molar-refractivity contribution in [1.29, 1.82) is 0 Å². The van der Waals surface area contributed by atoms with Crippen LogP contribution in [0.5, 0.6) is 0 Å². The number of halogens is 2. The Hall–Kier alpha value is 0.500. The molecule has 0 rings (SSSR count). The lowest BCUT2D eigenvalue weighted by Crippen LogP contribution is -2.28. The van der Waals surface area contributed by atoms with Crippen molar-refractivity contribution in [2.24, 2.45) is 0 Å². The molecule has 0 aliphatic heterocycles. The Morgan fingerprint density at radius 3 is 2.42 bits per heavy atom. The summed E-state index contributed by atoms with van der Waals surface area (Å²) in [7, 11) is 3.85. The van der Waals surface area contributed by atoms with Gasteiger partial charge < -0.3 is 10.0 Å². The molecule has 2 nitrogen and oxygen atoms in total. The maximum absolute atomic E-state index is 9.45. The summed E-state index contributed by atoms with van der Waals surface area (Å²) in [6.45, 7) is 0.658. The maximum Gasteiger partial charge on any atom is 0.0680 e. The van der Waals surface area contributed by atoms with E-state index < -0.39 is 0 Å². The standard InChI is InChI=1S/C8H17Cl2NO/c1-11(2)6-8(12)5-7(10)3-4-9/h7-8,12H,3-6H2,1-2H3. The number of alkyl halides is 2. The molecule has 0 aromatic carbocycles. The first-order valence-electron chi connectivity index (χ1n) is 4.09. The van der Waals surface area contributed by atoms with Crippen LogP contribution in [0.3, 0.4) is 0 Å². The third-order valence-electron chi connectivity index (χ3n) is 1.53. The molecule has 0 aliphatic carbocycles. The van der Waals surface area contributed by atoms with E-state index in [1.54, 1.807) is 0 Å². The smallest absolute Gasteiger partial charge is 0.0680 e. The molecular weight excluding hydrogens is 197 g/mol. The summed E-state index contributed by atoms with van der Waals surface area (Å²) in [5.41, 5.74) is 0. The largest absolute Gasteiger partial charge is 0.392 e. The highest BCUT2D eigenvalue weighted by molar-refractivity contribution is 6.22. The molecule has 0 saturated carbocycles. The highest BCUT2D eigenvalue weighted by Crippen LogP contribution is 2.11. The fraction of sp³-hybridized carbons (Fsp3) is 1.00. The second-order valence-corrected chi connectivity index (χ2v) is 4.22. The SMILES string of the molecule is CN(C)CC(O)CC(Cl)CCCl. The predicted octanol–water partition coefficient (Wildman–Crippen LogP) is 1.54. The molecule has 2 unspecified atom stereocenters. The van der Waals surface area contributed by atoms with Crippen LogP contribution >= 0.6 is 23.2 Å². The number of likely N-dealkylation sites (N-methyl/N-ethyl adjacent to an activating group) is 1. The predicted molar refractivity (Wildman–Crippen MR) is 54.2 cm³/mol. The van der Waals surface area contributed by atoms with Crippen molar-refractivity contribution in [1.82, 2.24) is 4.90 Å². The highest BCUT2D eigenvalue weighted by Gasteiger charge is 2.11. The summed E-state index contributed by atoms with van der Waals surface area (Å²) >= 11 is 11.4. The van der Waals surface area contributed by atoms with E-state index in [-0.39, 0.29) is 11.5 Å². The van der Waals surface area contributed by atoms with Gasteiger partial charge in [-0.05, 0) is 26.9 Å². The van der Waals surface area contributed by atoms with Crippen LogP contribution in [0.1, 0.15) is 12.8 Å². The Labute approximate surface area is 84.5 Å². The molecule has 0 aliphatic rings. The number of rotatable bonds is 6. The molecule has 2 atom stereocenters. The van der Waals surface area contributed by atoms with Gasteiger partial charge in [-0.25, -0.2) is 0 Å². The number of hydrogen-bond donors (Lipinski definition) is 1. The molecule has 0 spiro atoms. The summed E-state index contributed by atoms with van der Waals surface area (Å²) in [5, 5.41) is 9.45. The molecule has 0 amide bonds. The Kier molecular flexibility index (Phi) is 7.25. The molecule has 0 radical (unpaired) electrons. The van der Waals surface area contributed by atoms with Gasteiger partial charge in [-0.1, -0.05) is 0 Å². The average Bonchev–Trinajstić information content (AvgIpc) is 1.84. The van der Waals surface area contributed by atoms with E-state index in [9.17, 15) is 5.11 Å². The van der Waals surface area contributed by atoms with Gasteiger partial charge in [-0.2, -0.15) is 0 Å². The lowest BCUT2D eigenvalue weighted by Gasteiger charge is -2.17. The van der Waals surface area contributed by atoms with Crippen LogP contribution in [0.25, 0.3) is 0 Å². The van der Waals surface area contributed by atoms with E-state index in [2.05, 4.69) is 0 Å². The molecule has 1 N–H and O–H groups in total. The molecule has 0 heterocycles. The number of hydrogen-bond acceptors (Lipinski definition) is 2. The lowest BCUT2D eigenvalue weighted by molar-refractivity contribution is 0.127. The van der Waals surface area contributed by atoms with Crippen LogP contribution in [0.4, 0.5) is 0 Å². The molecule has 0 saturated heterocycles. The monoisotopic (exact) mass is 213 g/mol. The highest BCUT2D eigenvalue weighted by atomic mass is 35.5. The molecule has 4 heteroatoms. The number of aliphatic hydroxyl groups is 1. The first-order chi connectivity index (χ1) is 5.56. The zero-order valence-corrected chi connectivity index (χ0v) is 9.15. The first kappa shape index (κ1) is 12.5. The van der Waals surface area contributed by atoms with Gasteiger partial charge in [-0.3, -0.25) is 0 Å². The van der Waals surface area contributed by atoms with Crippen molar-refractivity contribution in [2.75, 3.05) is 26.5 Å². The Bertz CT molecular complexity index is 111. The van der Waals surface area contributed by atoms with Gasteiger partial charge in [0.15, 0.2) is 0 Å². The molecule has 0 bridgehead atoms. The van der Waals surface area contributed by atoms with E-state index in [0.717, 1.165) is 6.42 Å². The molecular formula is C8H17Cl2NO. The summed E-state index contributed by atoms with van der Waals surface area (Å²) < 4.78 is 0. The first-order valence-corrected chi connectivity index (χ1v) is 5.06. The number of aliphatic hydroxyl groups excluding tert-OH is 1. The van der Waals surface area contributed by atoms with Crippen molar-refractivity contribution in [3.63, 3.8) is 0 Å². The van der Waals surface area contributed by atoms with Crippen LogP contribution in [0, 0.1) is 0 Å². The topological polar surface area (TPSA) is 23.5 Å². The summed E-state index contributed by atoms with van der Waals surface area (Å²) in [6.07, 6.45) is 1.03. The Morgan fingerprint density at radius 1 is 1.42 bits per heavy atom. The van der Waals surface area contributed by atoms with Crippen LogP contribution in [-0.4, -0.2) is 48.0 Å². The minimum absolute atomic E-state index is 0.00236. The fourth-order valence-electron chi connectivity index (χ4n) is 1.03. The van der Waals surface area contributed by atoms with Crippen LogP contribution < -0.4 is 0 Å².